The lowest BCUT2D eigenvalue weighted by Gasteiger charge is -2.24. The first-order chi connectivity index (χ1) is 10.6. The highest BCUT2D eigenvalue weighted by Gasteiger charge is 2.30. The minimum Gasteiger partial charge on any atom is -0.494 e. The van der Waals surface area contributed by atoms with Crippen molar-refractivity contribution in [2.24, 2.45) is 0 Å². The first kappa shape index (κ1) is 14.6. The first-order valence-electron chi connectivity index (χ1n) is 7.70. The summed E-state index contributed by atoms with van der Waals surface area (Å²) in [5.41, 5.74) is 2.16. The normalized spacial score (nSPS) is 17.3. The molecule has 1 aliphatic heterocycles. The molecule has 1 aromatic heterocycles. The highest BCUT2D eigenvalue weighted by molar-refractivity contribution is 5.94. The molecule has 1 atom stereocenters. The SMILES string of the molecule is CCOc1cccc([C@H]2CC(=O)Nc3c2cnn3C(C)C)c1. The third-order valence-corrected chi connectivity index (χ3v) is 3.91. The van der Waals surface area contributed by atoms with Crippen molar-refractivity contribution < 1.29 is 9.53 Å². The molecule has 0 spiro atoms. The topological polar surface area (TPSA) is 56.1 Å². The van der Waals surface area contributed by atoms with Crippen LogP contribution in [0.3, 0.4) is 0 Å². The molecule has 1 aliphatic rings. The number of benzene rings is 1. The van der Waals surface area contributed by atoms with E-state index >= 15 is 0 Å². The van der Waals surface area contributed by atoms with Crippen LogP contribution in [0.5, 0.6) is 5.75 Å². The molecule has 0 fully saturated rings. The van der Waals surface area contributed by atoms with Gasteiger partial charge in [-0.2, -0.15) is 5.10 Å². The van der Waals surface area contributed by atoms with Crippen molar-refractivity contribution in [1.82, 2.24) is 9.78 Å². The number of hydrogen-bond donors (Lipinski definition) is 1. The summed E-state index contributed by atoms with van der Waals surface area (Å²) in [5.74, 6) is 1.71. The monoisotopic (exact) mass is 299 g/mol. The summed E-state index contributed by atoms with van der Waals surface area (Å²) in [5, 5.41) is 7.40. The molecule has 0 bridgehead atoms. The lowest BCUT2D eigenvalue weighted by Crippen LogP contribution is -2.25. The summed E-state index contributed by atoms with van der Waals surface area (Å²) >= 11 is 0. The lowest BCUT2D eigenvalue weighted by molar-refractivity contribution is -0.116. The Bertz CT molecular complexity index is 691. The van der Waals surface area contributed by atoms with Crippen LogP contribution in [-0.4, -0.2) is 22.3 Å². The van der Waals surface area contributed by atoms with Crippen molar-refractivity contribution in [2.75, 3.05) is 11.9 Å². The summed E-state index contributed by atoms with van der Waals surface area (Å²) in [6.45, 7) is 6.70. The second-order valence-electron chi connectivity index (χ2n) is 5.80. The number of nitrogens with one attached hydrogen (secondary N) is 1. The smallest absolute Gasteiger partial charge is 0.226 e. The van der Waals surface area contributed by atoms with Crippen molar-refractivity contribution in [3.63, 3.8) is 0 Å². The van der Waals surface area contributed by atoms with E-state index in [-0.39, 0.29) is 17.9 Å². The van der Waals surface area contributed by atoms with Crippen molar-refractivity contribution in [3.05, 3.63) is 41.6 Å². The number of nitrogens with zero attached hydrogens (tertiary/aromatic N) is 2. The maximum atomic E-state index is 12.1. The van der Waals surface area contributed by atoms with Crippen LogP contribution in [0.2, 0.25) is 0 Å². The van der Waals surface area contributed by atoms with Gasteiger partial charge in [0.05, 0.1) is 12.8 Å². The van der Waals surface area contributed by atoms with E-state index in [4.69, 9.17) is 4.74 Å². The second-order valence-corrected chi connectivity index (χ2v) is 5.80. The molecule has 0 radical (unpaired) electrons. The van der Waals surface area contributed by atoms with Gasteiger partial charge < -0.3 is 10.1 Å². The number of hydrogen-bond acceptors (Lipinski definition) is 3. The molecule has 1 N–H and O–H groups in total. The molecule has 3 rings (SSSR count). The Hall–Kier alpha value is -2.30. The van der Waals surface area contributed by atoms with Crippen LogP contribution in [0.1, 0.15) is 50.3 Å². The predicted octanol–water partition coefficient (Wildman–Crippen LogP) is 3.34. The summed E-state index contributed by atoms with van der Waals surface area (Å²) in [6.07, 6.45) is 2.30. The molecule has 5 nitrogen and oxygen atoms in total. The molecule has 0 aliphatic carbocycles. The molecule has 2 aromatic rings. The maximum Gasteiger partial charge on any atom is 0.226 e. The quantitative estimate of drug-likeness (QED) is 0.942. The van der Waals surface area contributed by atoms with Crippen molar-refractivity contribution in [3.8, 4) is 5.75 Å². The molecule has 1 amide bonds. The fraction of sp³-hybridized carbons (Fsp3) is 0.412. The Morgan fingerprint density at radius 1 is 1.45 bits per heavy atom. The molecule has 116 valence electrons. The van der Waals surface area contributed by atoms with E-state index in [0.29, 0.717) is 13.0 Å². The van der Waals surface area contributed by atoms with Crippen LogP contribution in [-0.2, 0) is 4.79 Å². The number of amides is 1. The minimum absolute atomic E-state index is 0.0247. The molecule has 22 heavy (non-hydrogen) atoms. The average molecular weight is 299 g/mol. The number of anilines is 1. The molecule has 0 saturated heterocycles. The van der Waals surface area contributed by atoms with Gasteiger partial charge >= 0.3 is 0 Å². The number of ether oxygens (including phenoxy) is 1. The van der Waals surface area contributed by atoms with E-state index in [1.807, 2.05) is 42.1 Å². The van der Waals surface area contributed by atoms with E-state index < -0.39 is 0 Å². The lowest BCUT2D eigenvalue weighted by atomic mass is 9.87. The Morgan fingerprint density at radius 2 is 2.27 bits per heavy atom. The Balaban J connectivity index is 2.02. The zero-order valence-corrected chi connectivity index (χ0v) is 13.2. The summed E-state index contributed by atoms with van der Waals surface area (Å²) in [7, 11) is 0. The molecule has 2 heterocycles. The van der Waals surface area contributed by atoms with E-state index in [1.165, 1.54) is 0 Å². The van der Waals surface area contributed by atoms with Gasteiger partial charge in [0.2, 0.25) is 5.91 Å². The van der Waals surface area contributed by atoms with Gasteiger partial charge in [-0.1, -0.05) is 12.1 Å². The van der Waals surface area contributed by atoms with E-state index in [2.05, 4.69) is 24.3 Å². The van der Waals surface area contributed by atoms with Gasteiger partial charge in [-0.25, -0.2) is 4.68 Å². The Kier molecular flexibility index (Phi) is 3.88. The van der Waals surface area contributed by atoms with Crippen molar-refractivity contribution in [2.45, 2.75) is 39.2 Å². The highest BCUT2D eigenvalue weighted by Crippen LogP contribution is 2.38. The number of carbonyl (C=O) groups is 1. The van der Waals surface area contributed by atoms with Crippen molar-refractivity contribution in [1.29, 1.82) is 0 Å². The zero-order valence-electron chi connectivity index (χ0n) is 13.2. The summed E-state index contributed by atoms with van der Waals surface area (Å²) in [4.78, 5) is 12.1. The molecular formula is C17H21N3O2. The summed E-state index contributed by atoms with van der Waals surface area (Å²) < 4.78 is 7.44. The number of carbonyl (C=O) groups excluding carboxylic acids is 1. The maximum absolute atomic E-state index is 12.1. The Morgan fingerprint density at radius 3 is 3.00 bits per heavy atom. The van der Waals surface area contributed by atoms with Crippen LogP contribution in [0, 0.1) is 0 Å². The molecular weight excluding hydrogens is 278 g/mol. The number of aromatic nitrogens is 2. The standard InChI is InChI=1S/C17H21N3O2/c1-4-22-13-7-5-6-12(8-13)14-9-16(21)19-17-15(14)10-18-20(17)11(2)3/h5-8,10-11,14H,4,9H2,1-3H3,(H,19,21)/t14-/m1/s1. The highest BCUT2D eigenvalue weighted by atomic mass is 16.5. The zero-order chi connectivity index (χ0) is 15.7. The fourth-order valence-corrected chi connectivity index (χ4v) is 2.92. The fourth-order valence-electron chi connectivity index (χ4n) is 2.92. The van der Waals surface area contributed by atoms with Crippen LogP contribution in [0.15, 0.2) is 30.5 Å². The molecule has 0 unspecified atom stereocenters. The Labute approximate surface area is 130 Å². The van der Waals surface area contributed by atoms with Crippen LogP contribution >= 0.6 is 0 Å². The van der Waals surface area contributed by atoms with Gasteiger partial charge in [-0.3, -0.25) is 4.79 Å². The van der Waals surface area contributed by atoms with Gasteiger partial charge in [0.15, 0.2) is 0 Å². The summed E-state index contributed by atoms with van der Waals surface area (Å²) in [6, 6.07) is 8.18. The molecule has 1 aromatic carbocycles. The van der Waals surface area contributed by atoms with Gasteiger partial charge in [0.25, 0.3) is 0 Å². The third kappa shape index (κ3) is 2.58. The van der Waals surface area contributed by atoms with Gasteiger partial charge in [-0.05, 0) is 38.5 Å². The van der Waals surface area contributed by atoms with Crippen molar-refractivity contribution >= 4 is 11.7 Å². The minimum atomic E-state index is 0.0247. The molecule has 0 saturated carbocycles. The van der Waals surface area contributed by atoms with Crippen LogP contribution in [0.4, 0.5) is 5.82 Å². The number of rotatable bonds is 4. The largest absolute Gasteiger partial charge is 0.494 e. The van der Waals surface area contributed by atoms with E-state index in [0.717, 1.165) is 22.7 Å². The van der Waals surface area contributed by atoms with E-state index in [9.17, 15) is 4.79 Å². The second kappa shape index (κ2) is 5.83. The third-order valence-electron chi connectivity index (χ3n) is 3.91. The van der Waals surface area contributed by atoms with Gasteiger partial charge in [-0.15, -0.1) is 0 Å². The van der Waals surface area contributed by atoms with Crippen LogP contribution < -0.4 is 10.1 Å². The average Bonchev–Trinajstić information content (AvgIpc) is 2.91. The number of fused-ring (bicyclic) bond motifs is 1. The van der Waals surface area contributed by atoms with E-state index in [1.54, 1.807) is 0 Å². The molecule has 5 heteroatoms. The van der Waals surface area contributed by atoms with Gasteiger partial charge in [0.1, 0.15) is 11.6 Å². The van der Waals surface area contributed by atoms with Crippen LogP contribution in [0.25, 0.3) is 0 Å². The predicted molar refractivity (Wildman–Crippen MR) is 85.3 cm³/mol. The first-order valence-corrected chi connectivity index (χ1v) is 7.70. The van der Waals surface area contributed by atoms with Gasteiger partial charge in [0, 0.05) is 23.9 Å².